The largest absolute Gasteiger partial charge is 3.00 e. The van der Waals surface area contributed by atoms with Gasteiger partial charge in [0.15, 0.2) is 5.97 Å². The van der Waals surface area contributed by atoms with E-state index in [1.54, 1.807) is 0 Å². The van der Waals surface area contributed by atoms with Gasteiger partial charge in [-0.05, 0) is 0 Å². The van der Waals surface area contributed by atoms with E-state index in [0.29, 0.717) is 0 Å². The van der Waals surface area contributed by atoms with Crippen molar-refractivity contribution in [2.45, 2.75) is 0 Å². The van der Waals surface area contributed by atoms with E-state index in [2.05, 4.69) is 6.92 Å². The van der Waals surface area contributed by atoms with Gasteiger partial charge in [-0.15, -0.1) is 0 Å². The van der Waals surface area contributed by atoms with Crippen molar-refractivity contribution in [3.8, 4) is 0 Å². The fourth-order valence-electron chi connectivity index (χ4n) is 0. The Kier molecular flexibility index (Phi) is 8.06. The summed E-state index contributed by atoms with van der Waals surface area (Å²) in [5, 5.41) is 7.31. The predicted molar refractivity (Wildman–Crippen MR) is 13.0 cm³/mol. The Balaban J connectivity index is 0. The van der Waals surface area contributed by atoms with Crippen LogP contribution >= 0.6 is 0 Å². The summed E-state index contributed by atoms with van der Waals surface area (Å²) in [6, 6.07) is 0. The number of carbonyl (C=O) groups is 1. The summed E-state index contributed by atoms with van der Waals surface area (Å²) in [6.07, 6.45) is 0. The third-order valence-electron chi connectivity index (χ3n) is 0. The van der Waals surface area contributed by atoms with Crippen LogP contribution in [0.15, 0.2) is 0 Å². The quantitative estimate of drug-likeness (QED) is 0.487. The predicted octanol–water partition coefficient (Wildman–Crippen LogP) is -0.0974. The van der Waals surface area contributed by atoms with Gasteiger partial charge in [0.1, 0.15) is 0 Å². The maximum absolute atomic E-state index is 8.89. The van der Waals surface area contributed by atoms with Crippen molar-refractivity contribution in [2.24, 2.45) is 0 Å². The molecule has 0 aromatic rings. The number of rotatable bonds is 0. The fourth-order valence-corrected chi connectivity index (χ4v) is 0. The van der Waals surface area contributed by atoms with Crippen LogP contribution in [0, 0.1) is 6.92 Å². The summed E-state index contributed by atoms with van der Waals surface area (Å²) in [6.45, 7) is 2.56. The minimum atomic E-state index is -1.08. The van der Waals surface area contributed by atoms with Crippen molar-refractivity contribution < 1.29 is 42.6 Å². The maximum atomic E-state index is 8.89. The fraction of sp³-hybridized carbons (Fsp3) is 0. The van der Waals surface area contributed by atoms with Gasteiger partial charge in [-0.1, -0.05) is 0 Å². The van der Waals surface area contributed by atoms with E-state index in [1.165, 1.54) is 0 Å². The molecule has 5 heavy (non-hydrogen) atoms. The van der Waals surface area contributed by atoms with Gasteiger partial charge in [-0.25, -0.2) is 0 Å². The first-order chi connectivity index (χ1) is 1.73. The van der Waals surface area contributed by atoms with E-state index in [4.69, 9.17) is 9.90 Å². The molecule has 0 radical (unpaired) electrons. The van der Waals surface area contributed by atoms with Crippen LogP contribution in [0.4, 0.5) is 0 Å². The van der Waals surface area contributed by atoms with Crippen LogP contribution in [-0.4, -0.2) is 11.1 Å². The molecule has 0 rings (SSSR count). The number of hydrogen-bond acceptors (Lipinski definition) is 1. The van der Waals surface area contributed by atoms with E-state index < -0.39 is 5.97 Å². The van der Waals surface area contributed by atoms with Crippen LogP contribution in [-0.2, 0) is 37.5 Å². The summed E-state index contributed by atoms with van der Waals surface area (Å²) >= 11 is 0. The molecular weight excluding hydrogens is 145 g/mol. The van der Waals surface area contributed by atoms with Gasteiger partial charge < -0.3 is 5.11 Å². The zero-order valence-corrected chi connectivity index (χ0v) is 5.48. The van der Waals surface area contributed by atoms with E-state index in [0.717, 1.165) is 0 Å². The molecule has 2 nitrogen and oxygen atoms in total. The zero-order valence-electron chi connectivity index (χ0n) is 2.64. The Bertz CT molecular complexity index is 30.6. The van der Waals surface area contributed by atoms with Gasteiger partial charge in [0.2, 0.25) is 0 Å². The van der Waals surface area contributed by atoms with Crippen molar-refractivity contribution in [1.29, 1.82) is 0 Å². The second kappa shape index (κ2) is 4.44. The maximum Gasteiger partial charge on any atom is 3.00 e. The van der Waals surface area contributed by atoms with Gasteiger partial charge in [0.05, 0.1) is 0 Å². The second-order valence-electron chi connectivity index (χ2n) is 0.394. The van der Waals surface area contributed by atoms with Gasteiger partial charge in [0, 0.05) is 0 Å². The minimum Gasteiger partial charge on any atom is -0.503 e. The first kappa shape index (κ1) is 9.06. The van der Waals surface area contributed by atoms with E-state index in [-0.39, 0.29) is 32.7 Å². The van der Waals surface area contributed by atoms with E-state index >= 15 is 0 Å². The van der Waals surface area contributed by atoms with Crippen molar-refractivity contribution in [2.75, 3.05) is 0 Å². The molecule has 0 atom stereocenters. The molecule has 0 aliphatic rings. The Labute approximate surface area is 55.4 Å². The van der Waals surface area contributed by atoms with Crippen molar-refractivity contribution >= 4 is 5.97 Å². The molecule has 1 N–H and O–H groups in total. The molecule has 0 aromatic carbocycles. The Morgan fingerprint density at radius 1 is 1.80 bits per heavy atom. The third-order valence-corrected chi connectivity index (χ3v) is 0. The molecule has 0 aliphatic carbocycles. The smallest absolute Gasteiger partial charge is 0.503 e. The molecule has 0 aromatic heterocycles. The molecule has 0 heterocycles. The summed E-state index contributed by atoms with van der Waals surface area (Å²) < 4.78 is 0. The molecule has 0 fully saturated rings. The van der Waals surface area contributed by atoms with Crippen molar-refractivity contribution in [1.82, 2.24) is 0 Å². The van der Waals surface area contributed by atoms with Gasteiger partial charge >= 0.3 is 32.7 Å². The molecule has 0 spiro atoms. The number of hydrogen-bond donors (Lipinski definition) is 1. The van der Waals surface area contributed by atoms with E-state index in [9.17, 15) is 0 Å². The summed E-state index contributed by atoms with van der Waals surface area (Å²) in [5.41, 5.74) is 0. The molecule has 24 valence electrons. The molecule has 0 saturated carbocycles. The van der Waals surface area contributed by atoms with Crippen LogP contribution in [0.5, 0.6) is 0 Å². The zero-order chi connectivity index (χ0) is 3.58. The Hall–Kier alpha value is 0.444. The van der Waals surface area contributed by atoms with Crippen LogP contribution in [0.2, 0.25) is 0 Å². The Morgan fingerprint density at radius 3 is 1.80 bits per heavy atom. The monoisotopic (exact) mass is 148 g/mol. The molecule has 0 unspecified atom stereocenters. The number of aliphatic carboxylic acids is 1. The molecule has 0 amide bonds. The van der Waals surface area contributed by atoms with E-state index in [1.807, 2.05) is 0 Å². The number of carboxylic acids is 1. The van der Waals surface area contributed by atoms with Crippen molar-refractivity contribution in [3.05, 3.63) is 6.92 Å². The molecule has 0 aliphatic heterocycles. The minimum absolute atomic E-state index is 0. The van der Waals surface area contributed by atoms with Crippen LogP contribution in [0.1, 0.15) is 0 Å². The SMILES string of the molecule is [CH2-]C(=O)O.[Y+3]. The summed E-state index contributed by atoms with van der Waals surface area (Å²) in [7, 11) is 0. The molecular formula is C2H3O2Y+2. The average molecular weight is 148 g/mol. The molecule has 3 heteroatoms. The topological polar surface area (TPSA) is 37.3 Å². The number of carboxylic acid groups (broad SMARTS) is 1. The molecule has 0 saturated heterocycles. The second-order valence-corrected chi connectivity index (χ2v) is 0.394. The summed E-state index contributed by atoms with van der Waals surface area (Å²) in [4.78, 5) is 8.89. The van der Waals surface area contributed by atoms with Gasteiger partial charge in [-0.2, -0.15) is 0 Å². The average Bonchev–Trinajstić information content (AvgIpc) is 0.811. The van der Waals surface area contributed by atoms with Gasteiger partial charge in [-0.3, -0.25) is 11.7 Å². The summed E-state index contributed by atoms with van der Waals surface area (Å²) in [5.74, 6) is -1.08. The van der Waals surface area contributed by atoms with Crippen LogP contribution < -0.4 is 0 Å². The van der Waals surface area contributed by atoms with Crippen LogP contribution in [0.3, 0.4) is 0 Å². The standard InChI is InChI=1S/C2H3O2.Y/c1-2(3)4;/h1H2,(H,3,4);/q-1;+3. The molecule has 0 bridgehead atoms. The normalized spacial score (nSPS) is 4.80. The third kappa shape index (κ3) is 135. The first-order valence-corrected chi connectivity index (χ1v) is 0.781. The van der Waals surface area contributed by atoms with Gasteiger partial charge in [0.25, 0.3) is 0 Å². The van der Waals surface area contributed by atoms with Crippen molar-refractivity contribution in [3.63, 3.8) is 0 Å². The van der Waals surface area contributed by atoms with Crippen LogP contribution in [0.25, 0.3) is 0 Å². The first-order valence-electron chi connectivity index (χ1n) is 0.781. The Morgan fingerprint density at radius 2 is 1.80 bits per heavy atom.